The molecule has 24 heavy (non-hydrogen) atoms. The topological polar surface area (TPSA) is 77.4 Å². The predicted octanol–water partition coefficient (Wildman–Crippen LogP) is 2.08. The summed E-state index contributed by atoms with van der Waals surface area (Å²) in [7, 11) is 0. The molecule has 5 nitrogen and oxygen atoms in total. The number of aliphatic carboxylic acids is 1. The zero-order valence-electron chi connectivity index (χ0n) is 13.3. The minimum absolute atomic E-state index is 0.241. The highest BCUT2D eigenvalue weighted by atomic mass is 32.2. The first-order valence-corrected chi connectivity index (χ1v) is 8.86. The summed E-state index contributed by atoms with van der Waals surface area (Å²) >= 11 is 1.69. The van der Waals surface area contributed by atoms with Gasteiger partial charge in [-0.3, -0.25) is 9.69 Å². The number of carboxylic acid groups (broad SMARTS) is 1. The van der Waals surface area contributed by atoms with Gasteiger partial charge in [0.25, 0.3) is 0 Å². The summed E-state index contributed by atoms with van der Waals surface area (Å²) in [5.41, 5.74) is 4.29. The molecule has 1 fully saturated rings. The average Bonchev–Trinajstić information content (AvgIpc) is 2.56. The van der Waals surface area contributed by atoms with E-state index in [1.54, 1.807) is 11.8 Å². The second kappa shape index (κ2) is 7.81. The first kappa shape index (κ1) is 17.0. The van der Waals surface area contributed by atoms with Gasteiger partial charge in [-0.2, -0.15) is 5.48 Å². The Balaban J connectivity index is 1.60. The molecule has 2 aromatic rings. The summed E-state index contributed by atoms with van der Waals surface area (Å²) in [5, 5.41) is 18.5. The molecular formula is C18H21N2O3S+. The number of hydrogen-bond acceptors (Lipinski definition) is 4. The molecule has 0 amide bonds. The molecule has 0 aliphatic carbocycles. The summed E-state index contributed by atoms with van der Waals surface area (Å²) in [4.78, 5) is 14.0. The second-order valence-corrected chi connectivity index (χ2v) is 7.02. The Morgan fingerprint density at radius 1 is 1.17 bits per heavy atom. The third-order valence-corrected chi connectivity index (χ3v) is 5.32. The highest BCUT2D eigenvalue weighted by Crippen LogP contribution is 2.29. The Kier molecular flexibility index (Phi) is 5.52. The molecule has 4 N–H and O–H groups in total. The summed E-state index contributed by atoms with van der Waals surface area (Å²) in [6.45, 7) is 1.91. The van der Waals surface area contributed by atoms with Gasteiger partial charge in [-0.05, 0) is 17.2 Å². The fraction of sp³-hybridized carbons (Fsp3) is 0.278. The lowest BCUT2D eigenvalue weighted by Crippen LogP contribution is -2.74. The van der Waals surface area contributed by atoms with Gasteiger partial charge in [-0.15, -0.1) is 11.8 Å². The van der Waals surface area contributed by atoms with Crippen molar-refractivity contribution in [1.29, 1.82) is 0 Å². The van der Waals surface area contributed by atoms with Crippen molar-refractivity contribution in [3.8, 4) is 0 Å². The quantitative estimate of drug-likeness (QED) is 0.407. The van der Waals surface area contributed by atoms with Gasteiger partial charge < -0.3 is 5.11 Å². The number of nitrogens with zero attached hydrogens (tertiary/aromatic N) is 1. The minimum atomic E-state index is -0.719. The minimum Gasteiger partial charge on any atom is -0.481 e. The van der Waals surface area contributed by atoms with E-state index in [0.717, 1.165) is 27.4 Å². The summed E-state index contributed by atoms with van der Waals surface area (Å²) < 4.78 is 0. The molecule has 0 spiro atoms. The normalized spacial score (nSPS) is 15.2. The van der Waals surface area contributed by atoms with Crippen LogP contribution < -0.4 is 5.48 Å². The number of carboxylic acids is 1. The fourth-order valence-corrected chi connectivity index (χ4v) is 3.73. The van der Waals surface area contributed by atoms with Gasteiger partial charge in [0, 0.05) is 31.5 Å². The number of hydrogen-bond donors (Lipinski definition) is 3. The number of benzene rings is 2. The zero-order chi connectivity index (χ0) is 16.9. The lowest BCUT2D eigenvalue weighted by Gasteiger charge is -2.36. The van der Waals surface area contributed by atoms with Crippen LogP contribution in [0, 0.1) is 5.92 Å². The first-order chi connectivity index (χ1) is 11.7. The van der Waals surface area contributed by atoms with E-state index >= 15 is 0 Å². The molecule has 0 unspecified atom stereocenters. The van der Waals surface area contributed by atoms with Crippen LogP contribution in [0.15, 0.2) is 53.4 Å². The van der Waals surface area contributed by atoms with E-state index in [0.29, 0.717) is 19.6 Å². The van der Waals surface area contributed by atoms with Crippen molar-refractivity contribution in [2.24, 2.45) is 5.92 Å². The molecule has 126 valence electrons. The van der Waals surface area contributed by atoms with Crippen LogP contribution in [0.3, 0.4) is 0 Å². The second-order valence-electron chi connectivity index (χ2n) is 6.00. The zero-order valence-corrected chi connectivity index (χ0v) is 14.1. The molecule has 6 heteroatoms. The number of thioether (sulfide) groups is 1. The van der Waals surface area contributed by atoms with Gasteiger partial charge in [-0.25, -0.2) is 5.21 Å². The molecule has 0 radical (unpaired) electrons. The summed E-state index contributed by atoms with van der Waals surface area (Å²) in [6, 6.07) is 16.3. The van der Waals surface area contributed by atoms with Crippen LogP contribution in [-0.4, -0.2) is 34.3 Å². The van der Waals surface area contributed by atoms with E-state index in [9.17, 15) is 10.0 Å². The number of rotatable bonds is 7. The lowest BCUT2D eigenvalue weighted by molar-refractivity contribution is -0.827. The molecule has 0 aromatic heterocycles. The molecule has 1 aliphatic heterocycles. The number of nitrogens with two attached hydrogens (primary N) is 1. The maximum Gasteiger partial charge on any atom is 0.309 e. The van der Waals surface area contributed by atoms with Crippen LogP contribution in [0.25, 0.3) is 0 Å². The van der Waals surface area contributed by atoms with Gasteiger partial charge in [-0.1, -0.05) is 36.4 Å². The smallest absolute Gasteiger partial charge is 0.309 e. The van der Waals surface area contributed by atoms with Crippen LogP contribution in [0.1, 0.15) is 11.1 Å². The van der Waals surface area contributed by atoms with E-state index in [4.69, 9.17) is 5.11 Å². The van der Waals surface area contributed by atoms with Gasteiger partial charge in [0.05, 0.1) is 10.8 Å². The van der Waals surface area contributed by atoms with Crippen LogP contribution in [0.5, 0.6) is 0 Å². The van der Waals surface area contributed by atoms with Crippen molar-refractivity contribution < 1.29 is 20.6 Å². The van der Waals surface area contributed by atoms with Gasteiger partial charge >= 0.3 is 5.97 Å². The Morgan fingerprint density at radius 3 is 2.58 bits per heavy atom. The number of likely N-dealkylation sites (tertiary alicyclic amines) is 1. The Hall–Kier alpha value is -1.86. The third-order valence-electron chi connectivity index (χ3n) is 4.16. The molecule has 1 saturated heterocycles. The maximum atomic E-state index is 10.8. The maximum absolute atomic E-state index is 10.8. The molecule has 0 saturated carbocycles. The van der Waals surface area contributed by atoms with Crippen LogP contribution in [0.4, 0.5) is 5.69 Å². The molecule has 0 atom stereocenters. The monoisotopic (exact) mass is 345 g/mol. The largest absolute Gasteiger partial charge is 0.481 e. The highest BCUT2D eigenvalue weighted by molar-refractivity contribution is 7.98. The van der Waals surface area contributed by atoms with Crippen molar-refractivity contribution in [3.63, 3.8) is 0 Å². The first-order valence-electron chi connectivity index (χ1n) is 7.88. The van der Waals surface area contributed by atoms with Gasteiger partial charge in [0.1, 0.15) is 0 Å². The predicted molar refractivity (Wildman–Crippen MR) is 92.2 cm³/mol. The van der Waals surface area contributed by atoms with Crippen LogP contribution >= 0.6 is 11.8 Å². The Morgan fingerprint density at radius 2 is 1.92 bits per heavy atom. The molecule has 1 heterocycles. The van der Waals surface area contributed by atoms with Crippen molar-refractivity contribution in [3.05, 3.63) is 59.7 Å². The molecule has 1 aliphatic rings. The standard InChI is InChI=1S/C18H20N2O3S/c21-18(22)15-10-20(11-15)9-14-6-7-17(16(8-14)19-23)24-12-13-4-2-1-3-5-13/h1-8,15,19,23H,9-12H2,(H,21,22)/p+1. The van der Waals surface area contributed by atoms with Crippen molar-refractivity contribution >= 4 is 23.4 Å². The van der Waals surface area contributed by atoms with E-state index in [2.05, 4.69) is 23.1 Å². The van der Waals surface area contributed by atoms with Crippen molar-refractivity contribution in [2.75, 3.05) is 13.1 Å². The van der Waals surface area contributed by atoms with Gasteiger partial charge in [0.15, 0.2) is 5.69 Å². The fourth-order valence-electron chi connectivity index (χ4n) is 2.78. The van der Waals surface area contributed by atoms with Crippen LogP contribution in [0.2, 0.25) is 0 Å². The molecule has 2 aromatic carbocycles. The van der Waals surface area contributed by atoms with E-state index in [-0.39, 0.29) is 5.92 Å². The van der Waals surface area contributed by atoms with Crippen molar-refractivity contribution in [2.45, 2.75) is 17.2 Å². The highest BCUT2D eigenvalue weighted by Gasteiger charge is 2.32. The summed E-state index contributed by atoms with van der Waals surface area (Å²) in [5.74, 6) is -0.106. The summed E-state index contributed by atoms with van der Waals surface area (Å²) in [6.07, 6.45) is 0. The number of carbonyl (C=O) groups is 1. The van der Waals surface area contributed by atoms with Gasteiger partial charge in [0.2, 0.25) is 0 Å². The average molecular weight is 345 g/mol. The Bertz CT molecular complexity index is 703. The van der Waals surface area contributed by atoms with E-state index in [1.165, 1.54) is 5.56 Å². The molecular weight excluding hydrogens is 324 g/mol. The molecule has 0 bridgehead atoms. The third kappa shape index (κ3) is 4.15. The Labute approximate surface area is 145 Å². The number of quaternary nitrogens is 1. The molecule has 3 rings (SSSR count). The van der Waals surface area contributed by atoms with E-state index in [1.807, 2.05) is 30.3 Å². The van der Waals surface area contributed by atoms with Crippen molar-refractivity contribution in [1.82, 2.24) is 4.90 Å². The van der Waals surface area contributed by atoms with Crippen LogP contribution in [-0.2, 0) is 17.1 Å². The lowest BCUT2D eigenvalue weighted by atomic mass is 9.99. The SMILES string of the molecule is O=C(O)C1CN(Cc2ccc(SCc3ccccc3)c([NH2+]O)c2)C1. The van der Waals surface area contributed by atoms with E-state index < -0.39 is 5.97 Å².